The van der Waals surface area contributed by atoms with E-state index in [2.05, 4.69) is 12.1 Å². The van der Waals surface area contributed by atoms with Crippen LogP contribution in [-0.4, -0.2) is 36.6 Å². The van der Waals surface area contributed by atoms with Crippen LogP contribution in [0.3, 0.4) is 0 Å². The van der Waals surface area contributed by atoms with E-state index >= 15 is 0 Å². The first-order valence-electron chi connectivity index (χ1n) is 6.18. The molecule has 3 nitrogen and oxygen atoms in total. The van der Waals surface area contributed by atoms with Gasteiger partial charge in [-0.1, -0.05) is 30.3 Å². The molecular formula is C14H19NO2. The number of carbonyl (C=O) groups is 1. The normalized spacial score (nSPS) is 20.3. The number of morpholine rings is 1. The number of hydrogen-bond acceptors (Lipinski definition) is 2. The minimum Gasteiger partial charge on any atom is -0.377 e. The summed E-state index contributed by atoms with van der Waals surface area (Å²) in [7, 11) is 0. The summed E-state index contributed by atoms with van der Waals surface area (Å²) >= 11 is 0. The number of ether oxygens (including phenoxy) is 1. The molecule has 0 bridgehead atoms. The van der Waals surface area contributed by atoms with Crippen molar-refractivity contribution in [3.63, 3.8) is 0 Å². The Morgan fingerprint density at radius 1 is 1.41 bits per heavy atom. The topological polar surface area (TPSA) is 29.5 Å². The van der Waals surface area contributed by atoms with Crippen LogP contribution in [-0.2, 0) is 16.0 Å². The highest BCUT2D eigenvalue weighted by atomic mass is 16.5. The molecule has 1 aromatic rings. The Kier molecular flexibility index (Phi) is 4.15. The monoisotopic (exact) mass is 233 g/mol. The largest absolute Gasteiger partial charge is 0.377 e. The van der Waals surface area contributed by atoms with E-state index in [1.165, 1.54) is 5.56 Å². The van der Waals surface area contributed by atoms with Crippen molar-refractivity contribution in [2.75, 3.05) is 19.8 Å². The van der Waals surface area contributed by atoms with Gasteiger partial charge in [0.25, 0.3) is 0 Å². The summed E-state index contributed by atoms with van der Waals surface area (Å²) in [4.78, 5) is 14.0. The van der Waals surface area contributed by atoms with E-state index in [-0.39, 0.29) is 11.9 Å². The molecule has 1 heterocycles. The van der Waals surface area contributed by atoms with Gasteiger partial charge in [-0.2, -0.15) is 0 Å². The van der Waals surface area contributed by atoms with Gasteiger partial charge in [0.15, 0.2) is 0 Å². The predicted molar refractivity (Wildman–Crippen MR) is 66.8 cm³/mol. The van der Waals surface area contributed by atoms with Crippen LogP contribution in [0.25, 0.3) is 0 Å². The van der Waals surface area contributed by atoms with Crippen molar-refractivity contribution in [1.82, 2.24) is 4.90 Å². The Hall–Kier alpha value is -1.35. The second-order valence-corrected chi connectivity index (χ2v) is 4.50. The zero-order valence-electron chi connectivity index (χ0n) is 10.3. The standard InChI is InChI=1S/C14H19NO2/c1-12-11-17-10-9-15(12)14(16)8-7-13-5-3-2-4-6-13/h2-6,12H,7-11H2,1H3. The van der Waals surface area contributed by atoms with Gasteiger partial charge in [-0.25, -0.2) is 0 Å². The second kappa shape index (κ2) is 5.82. The van der Waals surface area contributed by atoms with E-state index in [4.69, 9.17) is 4.74 Å². The van der Waals surface area contributed by atoms with Crippen LogP contribution in [0.5, 0.6) is 0 Å². The molecule has 1 amide bonds. The molecule has 0 radical (unpaired) electrons. The molecule has 1 atom stereocenters. The van der Waals surface area contributed by atoms with Crippen LogP contribution < -0.4 is 0 Å². The third-order valence-electron chi connectivity index (χ3n) is 3.16. The lowest BCUT2D eigenvalue weighted by atomic mass is 10.1. The van der Waals surface area contributed by atoms with Gasteiger partial charge in [0, 0.05) is 13.0 Å². The zero-order valence-corrected chi connectivity index (χ0v) is 10.3. The van der Waals surface area contributed by atoms with Gasteiger partial charge in [0.2, 0.25) is 5.91 Å². The zero-order chi connectivity index (χ0) is 12.1. The maximum absolute atomic E-state index is 12.1. The Balaban J connectivity index is 1.84. The highest BCUT2D eigenvalue weighted by Gasteiger charge is 2.22. The lowest BCUT2D eigenvalue weighted by Crippen LogP contribution is -2.47. The van der Waals surface area contributed by atoms with Crippen LogP contribution in [0.2, 0.25) is 0 Å². The van der Waals surface area contributed by atoms with Gasteiger partial charge >= 0.3 is 0 Å². The summed E-state index contributed by atoms with van der Waals surface area (Å²) in [6.07, 6.45) is 1.41. The van der Waals surface area contributed by atoms with Gasteiger partial charge < -0.3 is 9.64 Å². The minimum atomic E-state index is 0.215. The van der Waals surface area contributed by atoms with Crippen LogP contribution in [0.1, 0.15) is 18.9 Å². The Bertz CT molecular complexity index is 364. The van der Waals surface area contributed by atoms with E-state index in [0.29, 0.717) is 19.6 Å². The Labute approximate surface area is 102 Å². The fraction of sp³-hybridized carbons (Fsp3) is 0.500. The van der Waals surface area contributed by atoms with E-state index in [1.54, 1.807) is 0 Å². The fourth-order valence-corrected chi connectivity index (χ4v) is 2.14. The fourth-order valence-electron chi connectivity index (χ4n) is 2.14. The van der Waals surface area contributed by atoms with E-state index in [1.807, 2.05) is 30.0 Å². The van der Waals surface area contributed by atoms with E-state index in [0.717, 1.165) is 13.0 Å². The van der Waals surface area contributed by atoms with Gasteiger partial charge in [-0.05, 0) is 18.9 Å². The minimum absolute atomic E-state index is 0.215. The van der Waals surface area contributed by atoms with Crippen LogP contribution in [0, 0.1) is 0 Å². The average Bonchev–Trinajstić information content (AvgIpc) is 2.38. The number of aryl methyl sites for hydroxylation is 1. The van der Waals surface area contributed by atoms with Crippen molar-refractivity contribution >= 4 is 5.91 Å². The molecule has 1 aliphatic rings. The molecular weight excluding hydrogens is 214 g/mol. The third kappa shape index (κ3) is 3.30. The number of rotatable bonds is 3. The molecule has 0 saturated carbocycles. The van der Waals surface area contributed by atoms with Crippen molar-refractivity contribution in [1.29, 1.82) is 0 Å². The molecule has 1 unspecified atom stereocenters. The SMILES string of the molecule is CC1COCCN1C(=O)CCc1ccccc1. The number of carbonyl (C=O) groups excluding carboxylic acids is 1. The van der Waals surface area contributed by atoms with Gasteiger partial charge in [0.05, 0.1) is 19.3 Å². The predicted octanol–water partition coefficient (Wildman–Crippen LogP) is 1.87. The molecule has 1 saturated heterocycles. The van der Waals surface area contributed by atoms with Crippen molar-refractivity contribution in [3.05, 3.63) is 35.9 Å². The second-order valence-electron chi connectivity index (χ2n) is 4.50. The van der Waals surface area contributed by atoms with Crippen molar-refractivity contribution < 1.29 is 9.53 Å². The van der Waals surface area contributed by atoms with E-state index < -0.39 is 0 Å². The highest BCUT2D eigenvalue weighted by Crippen LogP contribution is 2.10. The number of nitrogens with zero attached hydrogens (tertiary/aromatic N) is 1. The molecule has 2 rings (SSSR count). The first-order valence-corrected chi connectivity index (χ1v) is 6.18. The Morgan fingerprint density at radius 2 is 2.18 bits per heavy atom. The van der Waals surface area contributed by atoms with Gasteiger partial charge in [0.1, 0.15) is 0 Å². The molecule has 1 aliphatic heterocycles. The smallest absolute Gasteiger partial charge is 0.223 e. The quantitative estimate of drug-likeness (QED) is 0.797. The van der Waals surface area contributed by atoms with Crippen molar-refractivity contribution in [3.8, 4) is 0 Å². The molecule has 0 aliphatic carbocycles. The molecule has 1 aromatic carbocycles. The first kappa shape index (κ1) is 12.1. The summed E-state index contributed by atoms with van der Waals surface area (Å²) in [5, 5.41) is 0. The van der Waals surface area contributed by atoms with Crippen molar-refractivity contribution in [2.45, 2.75) is 25.8 Å². The number of hydrogen-bond donors (Lipinski definition) is 0. The van der Waals surface area contributed by atoms with Gasteiger partial charge in [-0.15, -0.1) is 0 Å². The number of benzene rings is 1. The number of amides is 1. The highest BCUT2D eigenvalue weighted by molar-refractivity contribution is 5.76. The van der Waals surface area contributed by atoms with Crippen LogP contribution in [0.4, 0.5) is 0 Å². The Morgan fingerprint density at radius 3 is 2.88 bits per heavy atom. The molecule has 92 valence electrons. The molecule has 0 N–H and O–H groups in total. The van der Waals surface area contributed by atoms with E-state index in [9.17, 15) is 4.79 Å². The van der Waals surface area contributed by atoms with Crippen molar-refractivity contribution in [2.24, 2.45) is 0 Å². The summed E-state index contributed by atoms with van der Waals surface area (Å²) in [6, 6.07) is 10.4. The summed E-state index contributed by atoms with van der Waals surface area (Å²) in [5.74, 6) is 0.240. The first-order chi connectivity index (χ1) is 8.27. The third-order valence-corrected chi connectivity index (χ3v) is 3.16. The molecule has 17 heavy (non-hydrogen) atoms. The molecule has 1 fully saturated rings. The lowest BCUT2D eigenvalue weighted by Gasteiger charge is -2.33. The summed E-state index contributed by atoms with van der Waals surface area (Å²) in [6.45, 7) is 4.10. The van der Waals surface area contributed by atoms with Crippen LogP contribution in [0.15, 0.2) is 30.3 Å². The summed E-state index contributed by atoms with van der Waals surface area (Å²) < 4.78 is 5.33. The lowest BCUT2D eigenvalue weighted by molar-refractivity contribution is -0.139. The summed E-state index contributed by atoms with van der Waals surface area (Å²) in [5.41, 5.74) is 1.22. The average molecular weight is 233 g/mol. The maximum Gasteiger partial charge on any atom is 0.223 e. The van der Waals surface area contributed by atoms with Gasteiger partial charge in [-0.3, -0.25) is 4.79 Å². The molecule has 0 aromatic heterocycles. The molecule has 0 spiro atoms. The maximum atomic E-state index is 12.1. The van der Waals surface area contributed by atoms with Crippen LogP contribution >= 0.6 is 0 Å². The molecule has 3 heteroatoms.